The molecular formula is C71H88Cl4F3N13O9S3. The molecule has 11 heterocycles. The second kappa shape index (κ2) is 29.3. The van der Waals surface area contributed by atoms with E-state index in [-0.39, 0.29) is 81.5 Å². The molecule has 558 valence electrons. The van der Waals surface area contributed by atoms with Gasteiger partial charge in [0.1, 0.15) is 90.1 Å². The number of amidine groups is 1. The van der Waals surface area contributed by atoms with E-state index >= 15 is 8.78 Å². The zero-order valence-electron chi connectivity index (χ0n) is 60.3. The third kappa shape index (κ3) is 15.7. The number of ether oxygens (including phenoxy) is 2. The van der Waals surface area contributed by atoms with E-state index in [1.807, 2.05) is 0 Å². The predicted molar refractivity (Wildman–Crippen MR) is 399 cm³/mol. The molecule has 0 unspecified atom stereocenters. The molecule has 6 aliphatic rings. The van der Waals surface area contributed by atoms with Crippen LogP contribution in [0.4, 0.5) is 19.0 Å². The van der Waals surface area contributed by atoms with Gasteiger partial charge in [-0.25, -0.2) is 53.8 Å². The van der Waals surface area contributed by atoms with E-state index in [1.54, 1.807) is 104 Å². The molecule has 0 amide bonds. The fourth-order valence-corrected chi connectivity index (χ4v) is 24.9. The molecular weight excluding hydrogens is 1470 g/mol. The third-order valence-corrected chi connectivity index (χ3v) is 31.6. The number of anilines is 1. The number of hydrogen-bond donors (Lipinski definition) is 2. The van der Waals surface area contributed by atoms with Crippen molar-refractivity contribution >= 4 is 122 Å². The summed E-state index contributed by atoms with van der Waals surface area (Å²) in [5.74, 6) is -3.36. The Morgan fingerprint density at radius 3 is 1.17 bits per heavy atom. The smallest absolute Gasteiger partial charge is 0.312 e. The molecule has 32 heteroatoms. The lowest BCUT2D eigenvalue weighted by molar-refractivity contribution is -0.154. The van der Waals surface area contributed by atoms with E-state index in [0.29, 0.717) is 78.9 Å². The number of aromatic nitrogens is 5. The molecule has 0 saturated heterocycles. The van der Waals surface area contributed by atoms with Crippen molar-refractivity contribution in [1.29, 1.82) is 0 Å². The Hall–Kier alpha value is -6.56. The Morgan fingerprint density at radius 2 is 0.825 bits per heavy atom. The highest BCUT2D eigenvalue weighted by atomic mass is 35.5. The zero-order valence-corrected chi connectivity index (χ0v) is 65.8. The maximum Gasteiger partial charge on any atom is 0.312 e. The van der Waals surface area contributed by atoms with Crippen molar-refractivity contribution < 1.29 is 54.4 Å². The molecule has 0 spiro atoms. The number of nitrogen functional groups attached to an aromatic ring is 1. The normalized spacial score (nSPS) is 28.1. The topological polar surface area (TPSA) is 329 Å². The van der Waals surface area contributed by atoms with Crippen LogP contribution in [0.5, 0.6) is 0 Å². The van der Waals surface area contributed by atoms with E-state index in [4.69, 9.17) is 77.3 Å². The summed E-state index contributed by atoms with van der Waals surface area (Å²) in [4.78, 5) is 87.0. The van der Waals surface area contributed by atoms with Gasteiger partial charge in [0.2, 0.25) is 0 Å². The zero-order chi connectivity index (χ0) is 76.4. The van der Waals surface area contributed by atoms with Gasteiger partial charge >= 0.3 is 11.9 Å². The van der Waals surface area contributed by atoms with Gasteiger partial charge in [-0.15, -0.1) is 0 Å². The van der Waals surface area contributed by atoms with Gasteiger partial charge in [-0.2, -0.15) is 0 Å². The van der Waals surface area contributed by atoms with Crippen LogP contribution in [0, 0.1) is 17.5 Å². The fraction of sp³-hybridized carbons (Fsp3) is 0.549. The number of pyridine rings is 5. The van der Waals surface area contributed by atoms with E-state index in [9.17, 15) is 36.2 Å². The van der Waals surface area contributed by atoms with Gasteiger partial charge in [0, 0.05) is 54.8 Å². The average Bonchev–Trinajstić information content (AvgIpc) is 0.715. The molecule has 22 nitrogen and oxygen atoms in total. The summed E-state index contributed by atoms with van der Waals surface area (Å²) >= 11 is 24.0. The van der Waals surface area contributed by atoms with Crippen molar-refractivity contribution in [3.05, 3.63) is 138 Å². The van der Waals surface area contributed by atoms with Gasteiger partial charge in [0.25, 0.3) is 0 Å². The fourth-order valence-electron chi connectivity index (χ4n) is 14.0. The summed E-state index contributed by atoms with van der Waals surface area (Å²) < 4.78 is 110. The van der Waals surface area contributed by atoms with Gasteiger partial charge < -0.3 is 20.9 Å². The second-order valence-corrected chi connectivity index (χ2v) is 40.9. The lowest BCUT2D eigenvalue weighted by Gasteiger charge is -2.48. The van der Waals surface area contributed by atoms with Crippen LogP contribution in [-0.4, -0.2) is 139 Å². The van der Waals surface area contributed by atoms with Crippen molar-refractivity contribution in [1.82, 2.24) is 24.9 Å². The number of rotatable bonds is 13. The van der Waals surface area contributed by atoms with Crippen molar-refractivity contribution in [2.75, 3.05) is 25.4 Å². The van der Waals surface area contributed by atoms with E-state index < -0.39 is 128 Å². The first-order chi connectivity index (χ1) is 47.6. The number of hydrogen-bond acceptors (Lipinski definition) is 22. The number of fused-ring (bicyclic) bond motifs is 3. The standard InChI is InChI=1S/C28H33Cl2FN4O4S.C22H24Cl2FN5O2S.C21H31FN4O3S/c1-26(2,3)39-23(37)14-21-27(4,5)40(38)22(8-7-11-33-40)28(6,35-21)25-19(31)10-9-17(34-25)13-20(36)24-18(30)12-16(29)15-32-24;1-21(2)20(26)30-22(3,17-5-4-8-28-33(17,21)32)19-15(25)7-6-13(29-19)10-16(31)18-14(24)9-12(23)11-27-18;1-19(2,3)29-17(27)12-14-20(4,5)30(28)15(8-7-11-24-30)21(6,26-14)18-13(22)9-10-16(23)25-18/h9-10,12,15,22H,7-8,11,13-14H2,1-6H3;6-7,9,11,17H,4-5,8,10H2,1-3H3,(H2,26,30);9-10,15H,7-8,11-12H2,1-6H3,(H2,23,25)/t22-,28+,40-;17-,22+,33-;15-,21+,30-/m111/s1. The Kier molecular flexibility index (Phi) is 22.9. The first kappa shape index (κ1) is 80.5. The highest BCUT2D eigenvalue weighted by Gasteiger charge is 2.60. The minimum absolute atomic E-state index is 0.00348. The van der Waals surface area contributed by atoms with Crippen LogP contribution >= 0.6 is 46.4 Å². The molecule has 6 aliphatic heterocycles. The third-order valence-electron chi connectivity index (χ3n) is 19.5. The number of nitrogens with zero attached hydrogens (tertiary/aromatic N) is 11. The van der Waals surface area contributed by atoms with Crippen LogP contribution in [0.1, 0.15) is 205 Å². The Bertz CT molecular complexity index is 4790. The lowest BCUT2D eigenvalue weighted by atomic mass is 9.87. The minimum atomic E-state index is -3.04. The van der Waals surface area contributed by atoms with E-state index in [0.717, 1.165) is 6.42 Å². The summed E-state index contributed by atoms with van der Waals surface area (Å²) in [6, 6.07) is 10.8. The molecule has 0 radical (unpaired) electrons. The van der Waals surface area contributed by atoms with Crippen molar-refractivity contribution in [2.24, 2.45) is 33.8 Å². The number of esters is 2. The molecule has 0 aliphatic carbocycles. The van der Waals surface area contributed by atoms with Gasteiger partial charge in [-0.3, -0.25) is 44.1 Å². The maximum atomic E-state index is 15.6. The Morgan fingerprint density at radius 1 is 0.495 bits per heavy atom. The van der Waals surface area contributed by atoms with Crippen LogP contribution in [-0.2, 0) is 77.7 Å². The highest BCUT2D eigenvalue weighted by molar-refractivity contribution is 7.97. The van der Waals surface area contributed by atoms with Crippen molar-refractivity contribution in [3.63, 3.8) is 0 Å². The number of carbonyl (C=O) groups is 4. The number of aliphatic imine (C=N–C) groups is 3. The highest BCUT2D eigenvalue weighted by Crippen LogP contribution is 2.51. The monoisotopic (exact) mass is 1560 g/mol. The summed E-state index contributed by atoms with van der Waals surface area (Å²) in [5.41, 5.74) is 8.08. The first-order valence-corrected chi connectivity index (χ1v) is 39.9. The van der Waals surface area contributed by atoms with Gasteiger partial charge in [0.05, 0.1) is 100 Å². The molecule has 0 saturated carbocycles. The van der Waals surface area contributed by atoms with Crippen LogP contribution in [0.25, 0.3) is 0 Å². The lowest BCUT2D eigenvalue weighted by Crippen LogP contribution is -2.60. The number of halogens is 7. The number of nitrogens with two attached hydrogens (primary N) is 2. The first-order valence-electron chi connectivity index (χ1n) is 33.6. The molecule has 4 N–H and O–H groups in total. The van der Waals surface area contributed by atoms with Gasteiger partial charge in [-0.1, -0.05) is 46.4 Å². The number of Topliss-reactive ketones (excluding diaryl/α,β-unsaturated/α-hetero) is 2. The summed E-state index contributed by atoms with van der Waals surface area (Å²) in [6.45, 7) is 27.7. The number of ketones is 2. The summed E-state index contributed by atoms with van der Waals surface area (Å²) in [5, 5.41) is -0.950. The van der Waals surface area contributed by atoms with Crippen LogP contribution in [0.3, 0.4) is 0 Å². The SMILES string of the molecule is CC(C)(C)OC(=O)CC1=N[C@](C)(c2nc(CC(=O)c3ncc(Cl)cc3Cl)ccc2F)[C@H]2CCCN=[S@]2(=O)C1(C)C.CC(C)(C)OC(=O)CC1=N[C@](C)(c2nc(N)ccc2F)[C@H]2CCCN=[S@]2(=O)C1(C)C.CC1(C)C(N)=N[C@](C)(c2nc(CC(=O)c3ncc(Cl)cc3Cl)ccc2F)[C@H]2CCCN=[S@@]21=O. The molecule has 9 atom stereocenters. The average molecular weight is 1560 g/mol. The molecule has 0 aromatic carbocycles. The molecule has 5 aromatic heterocycles. The summed E-state index contributed by atoms with van der Waals surface area (Å²) in [6.07, 6.45) is 5.61. The van der Waals surface area contributed by atoms with E-state index in [2.05, 4.69) is 43.0 Å². The van der Waals surface area contributed by atoms with Crippen LogP contribution < -0.4 is 11.5 Å². The molecule has 11 rings (SSSR count). The van der Waals surface area contributed by atoms with E-state index in [1.165, 1.54) is 60.9 Å². The summed E-state index contributed by atoms with van der Waals surface area (Å²) in [7, 11) is -8.80. The minimum Gasteiger partial charge on any atom is -0.460 e. The maximum absolute atomic E-state index is 15.6. The van der Waals surface area contributed by atoms with Crippen molar-refractivity contribution in [3.8, 4) is 0 Å². The molecule has 0 fully saturated rings. The Labute approximate surface area is 620 Å². The second-order valence-electron chi connectivity index (χ2n) is 30.3. The largest absolute Gasteiger partial charge is 0.460 e. The van der Waals surface area contributed by atoms with Gasteiger partial charge in [-0.05, 0) is 191 Å². The van der Waals surface area contributed by atoms with Crippen LogP contribution in [0.15, 0.2) is 89.0 Å². The molecule has 5 aromatic rings. The molecule has 103 heavy (non-hydrogen) atoms. The van der Waals surface area contributed by atoms with Crippen LogP contribution in [0.2, 0.25) is 20.1 Å². The quantitative estimate of drug-likeness (QED) is 0.0817. The Balaban J connectivity index is 0.000000182. The van der Waals surface area contributed by atoms with Gasteiger partial charge in [0.15, 0.2) is 11.6 Å². The predicted octanol–water partition coefficient (Wildman–Crippen LogP) is 14.1. The molecule has 0 bridgehead atoms. The van der Waals surface area contributed by atoms with Crippen molar-refractivity contribution in [2.45, 2.75) is 226 Å². The number of carbonyl (C=O) groups excluding carboxylic acids is 4.